The molecule has 0 spiro atoms. The van der Waals surface area contributed by atoms with Crippen molar-refractivity contribution < 1.29 is 37.0 Å². The van der Waals surface area contributed by atoms with E-state index >= 15 is 4.39 Å². The number of halogens is 3. The first-order valence-corrected chi connectivity index (χ1v) is 12.2. The van der Waals surface area contributed by atoms with Gasteiger partial charge in [-0.2, -0.15) is 13.8 Å². The van der Waals surface area contributed by atoms with Crippen molar-refractivity contribution in [2.24, 2.45) is 0 Å². The lowest BCUT2D eigenvalue weighted by Gasteiger charge is -2.27. The Kier molecular flexibility index (Phi) is 11.2. The topological polar surface area (TPSA) is 81.2 Å². The minimum Gasteiger partial charge on any atom is -0.479 e. The van der Waals surface area contributed by atoms with Gasteiger partial charge in [0.1, 0.15) is 5.69 Å². The van der Waals surface area contributed by atoms with Crippen LogP contribution in [-0.4, -0.2) is 66.6 Å². The first-order valence-electron chi connectivity index (χ1n) is 10.9. The molecule has 8 nitrogen and oxygen atoms in total. The van der Waals surface area contributed by atoms with Gasteiger partial charge in [0.05, 0.1) is 20.3 Å². The van der Waals surface area contributed by atoms with Gasteiger partial charge in [-0.15, -0.1) is 0 Å². The number of hydrogen-bond acceptors (Lipinski definition) is 9. The molecule has 2 rings (SSSR count). The number of esters is 1. The Balaban J connectivity index is 2.41. The molecule has 34 heavy (non-hydrogen) atoms. The molecule has 0 N–H and O–H groups in total. The Morgan fingerprint density at radius 1 is 1.15 bits per heavy atom. The summed E-state index contributed by atoms with van der Waals surface area (Å²) in [5, 5.41) is -0.591. The van der Waals surface area contributed by atoms with Crippen molar-refractivity contribution in [3.05, 3.63) is 17.6 Å². The van der Waals surface area contributed by atoms with Crippen LogP contribution in [0.15, 0.2) is 0 Å². The number of methoxy groups -OCH3 is 1. The molecule has 0 saturated carbocycles. The third-order valence-electron chi connectivity index (χ3n) is 4.96. The summed E-state index contributed by atoms with van der Waals surface area (Å²) < 4.78 is 59.5. The average molecular weight is 524 g/mol. The number of aromatic nitrogens is 1. The first-order chi connectivity index (χ1) is 16.2. The van der Waals surface area contributed by atoms with E-state index in [1.807, 2.05) is 0 Å². The molecule has 0 radical (unpaired) electrons. The highest BCUT2D eigenvalue weighted by atomic mass is 32.2. The number of thiocarbonyl (C=S) groups is 1. The second-order valence-corrected chi connectivity index (χ2v) is 9.15. The summed E-state index contributed by atoms with van der Waals surface area (Å²) >= 11 is 6.21. The molecular formula is C21H28F3N3O5S2. The van der Waals surface area contributed by atoms with Gasteiger partial charge in [0, 0.05) is 31.3 Å². The van der Waals surface area contributed by atoms with Crippen LogP contribution in [0.3, 0.4) is 0 Å². The van der Waals surface area contributed by atoms with E-state index in [0.29, 0.717) is 32.5 Å². The van der Waals surface area contributed by atoms with E-state index in [4.69, 9.17) is 26.4 Å². The van der Waals surface area contributed by atoms with Crippen LogP contribution in [-0.2, 0) is 19.0 Å². The molecule has 1 atom stereocenters. The van der Waals surface area contributed by atoms with Gasteiger partial charge in [-0.1, -0.05) is 11.8 Å². The van der Waals surface area contributed by atoms with E-state index in [-0.39, 0.29) is 30.4 Å². The summed E-state index contributed by atoms with van der Waals surface area (Å²) in [5.41, 5.74) is -0.575. The first kappa shape index (κ1) is 28.0. The van der Waals surface area contributed by atoms with Gasteiger partial charge in [-0.05, 0) is 45.3 Å². The molecule has 1 fully saturated rings. The van der Waals surface area contributed by atoms with E-state index < -0.39 is 46.4 Å². The lowest BCUT2D eigenvalue weighted by Crippen LogP contribution is -2.39. The van der Waals surface area contributed by atoms with Gasteiger partial charge in [0.15, 0.2) is 11.6 Å². The van der Waals surface area contributed by atoms with Crippen LogP contribution in [0, 0.1) is 17.6 Å². The van der Waals surface area contributed by atoms with Crippen molar-refractivity contribution in [3.63, 3.8) is 0 Å². The quantitative estimate of drug-likeness (QED) is 0.251. The molecule has 1 amide bonds. The fraction of sp³-hybridized carbons (Fsp3) is 0.619. The normalized spacial score (nSPS) is 14.0. The molecule has 1 aromatic rings. The molecule has 1 aliphatic rings. The number of carbonyl (C=O) groups is 2. The van der Waals surface area contributed by atoms with E-state index in [1.165, 1.54) is 4.90 Å². The predicted octanol–water partition coefficient (Wildman–Crippen LogP) is 4.44. The highest BCUT2D eigenvalue weighted by Crippen LogP contribution is 2.34. The lowest BCUT2D eigenvalue weighted by atomic mass is 10.2. The van der Waals surface area contributed by atoms with Crippen LogP contribution < -0.4 is 9.80 Å². The van der Waals surface area contributed by atoms with Crippen molar-refractivity contribution >= 4 is 51.9 Å². The van der Waals surface area contributed by atoms with Crippen molar-refractivity contribution in [1.29, 1.82) is 0 Å². The summed E-state index contributed by atoms with van der Waals surface area (Å²) in [5.74, 6) is -5.30. The summed E-state index contributed by atoms with van der Waals surface area (Å²) in [6.45, 7) is 4.33. The van der Waals surface area contributed by atoms with Gasteiger partial charge in [-0.25, -0.2) is 9.18 Å². The molecule has 13 heteroatoms. The van der Waals surface area contributed by atoms with E-state index in [1.54, 1.807) is 13.8 Å². The van der Waals surface area contributed by atoms with Crippen molar-refractivity contribution in [2.75, 3.05) is 49.8 Å². The summed E-state index contributed by atoms with van der Waals surface area (Å²) in [6, 6.07) is 0. The molecule has 1 aliphatic heterocycles. The maximum atomic E-state index is 15.5. The average Bonchev–Trinajstić information content (AvgIpc) is 3.32. The van der Waals surface area contributed by atoms with Crippen LogP contribution in [0.1, 0.15) is 39.5 Å². The smallest absolute Gasteiger partial charge is 0.415 e. The fourth-order valence-corrected chi connectivity index (χ4v) is 4.88. The number of anilines is 2. The third kappa shape index (κ3) is 7.36. The number of ether oxygens (including phenoxy) is 3. The maximum Gasteiger partial charge on any atom is 0.415 e. The number of rotatable bonds is 10. The zero-order valence-corrected chi connectivity index (χ0v) is 20.9. The van der Waals surface area contributed by atoms with Crippen LogP contribution in [0.25, 0.3) is 0 Å². The molecule has 190 valence electrons. The minimum atomic E-state index is -1.53. The Morgan fingerprint density at radius 3 is 2.38 bits per heavy atom. The number of carbonyl (C=O) groups excluding carboxylic acids is 2. The molecule has 1 aromatic heterocycles. The van der Waals surface area contributed by atoms with Gasteiger partial charge in [0.25, 0.3) is 5.95 Å². The highest BCUT2D eigenvalue weighted by molar-refractivity contribution is 8.23. The summed E-state index contributed by atoms with van der Waals surface area (Å²) in [7, 11) is 1.07. The fourth-order valence-electron chi connectivity index (χ4n) is 3.44. The van der Waals surface area contributed by atoms with Crippen LogP contribution in [0.4, 0.5) is 29.5 Å². The number of thioether (sulfide) groups is 1. The van der Waals surface area contributed by atoms with Crippen LogP contribution >= 0.6 is 24.0 Å². The summed E-state index contributed by atoms with van der Waals surface area (Å²) in [6.07, 6.45) is 0.519. The van der Waals surface area contributed by atoms with Gasteiger partial charge >= 0.3 is 12.1 Å². The molecule has 0 aromatic carbocycles. The second kappa shape index (κ2) is 13.6. The molecule has 1 unspecified atom stereocenters. The monoisotopic (exact) mass is 523 g/mol. The lowest BCUT2D eigenvalue weighted by molar-refractivity contribution is -0.143. The molecule has 0 aliphatic carbocycles. The van der Waals surface area contributed by atoms with E-state index in [0.717, 1.165) is 23.8 Å². The molecule has 0 bridgehead atoms. The van der Waals surface area contributed by atoms with Gasteiger partial charge < -0.3 is 19.1 Å². The predicted molar refractivity (Wildman–Crippen MR) is 127 cm³/mol. The van der Waals surface area contributed by atoms with Crippen LogP contribution in [0.2, 0.25) is 0 Å². The Labute approximate surface area is 206 Å². The van der Waals surface area contributed by atoms with E-state index in [2.05, 4.69) is 4.98 Å². The maximum absolute atomic E-state index is 15.5. The number of nitrogens with zero attached hydrogens (tertiary/aromatic N) is 3. The van der Waals surface area contributed by atoms with Crippen molar-refractivity contribution in [1.82, 2.24) is 4.98 Å². The van der Waals surface area contributed by atoms with E-state index in [9.17, 15) is 18.4 Å². The molecule has 1 saturated heterocycles. The largest absolute Gasteiger partial charge is 0.479 e. The highest BCUT2D eigenvalue weighted by Gasteiger charge is 2.33. The SMILES string of the molecule is CCOC(=O)CCC(CN(C(=O)OC)c1nc(F)c(F)c(N2CCCC2)c1F)SC(=S)OCC. The standard InChI is InChI=1S/C21H28F3N3O5S2/c1-4-31-14(28)9-8-13(34-21(33)32-5-2)12-27(20(29)30-3)19-16(23)17(15(22)18(24)25-19)26-10-6-7-11-26/h13H,4-12H2,1-3H3. The molecule has 2 heterocycles. The number of pyridine rings is 1. The number of amides is 1. The Morgan fingerprint density at radius 2 is 1.79 bits per heavy atom. The zero-order chi connectivity index (χ0) is 25.3. The minimum absolute atomic E-state index is 0.0119. The molecular weight excluding hydrogens is 495 g/mol. The zero-order valence-electron chi connectivity index (χ0n) is 19.3. The third-order valence-corrected chi connectivity index (χ3v) is 6.39. The Hall–Kier alpha value is -2.28. The Bertz CT molecular complexity index is 888. The number of hydrogen-bond donors (Lipinski definition) is 0. The summed E-state index contributed by atoms with van der Waals surface area (Å²) in [4.78, 5) is 30.0. The van der Waals surface area contributed by atoms with Crippen molar-refractivity contribution in [3.8, 4) is 0 Å². The van der Waals surface area contributed by atoms with Gasteiger partial charge in [-0.3, -0.25) is 9.69 Å². The van der Waals surface area contributed by atoms with Crippen LogP contribution in [0.5, 0.6) is 0 Å². The van der Waals surface area contributed by atoms with Crippen molar-refractivity contribution in [2.45, 2.75) is 44.8 Å². The second-order valence-electron chi connectivity index (χ2n) is 7.24. The van der Waals surface area contributed by atoms with Gasteiger partial charge in [0.2, 0.25) is 10.2 Å².